The van der Waals surface area contributed by atoms with Gasteiger partial charge in [0.05, 0.1) is 4.75 Å². The third-order valence-electron chi connectivity index (χ3n) is 2.25. The molecule has 0 aromatic rings. The molecule has 4 heteroatoms. The second kappa shape index (κ2) is 2.51. The lowest BCUT2D eigenvalue weighted by atomic mass is 9.90. The molecule has 0 saturated carbocycles. The minimum atomic E-state index is -2.28. The van der Waals surface area contributed by atoms with E-state index < -0.39 is 15.5 Å². The molecule has 1 heterocycles. The van der Waals surface area contributed by atoms with Crippen LogP contribution in [0.5, 0.6) is 0 Å². The number of rotatable bonds is 2. The van der Waals surface area contributed by atoms with Crippen LogP contribution < -0.4 is 5.32 Å². The molecule has 0 bridgehead atoms. The van der Waals surface area contributed by atoms with E-state index in [1.807, 2.05) is 0 Å². The summed E-state index contributed by atoms with van der Waals surface area (Å²) in [6.45, 7) is 5.25. The van der Waals surface area contributed by atoms with E-state index in [0.29, 0.717) is 5.92 Å². The van der Waals surface area contributed by atoms with Crippen LogP contribution in [-0.2, 0) is 10.7 Å². The van der Waals surface area contributed by atoms with E-state index in [-0.39, 0.29) is 0 Å². The Labute approximate surface area is 62.8 Å². The van der Waals surface area contributed by atoms with E-state index in [9.17, 15) is 8.42 Å². The maximum Gasteiger partial charge on any atom is 0.145 e. The van der Waals surface area contributed by atoms with Crippen molar-refractivity contribution in [3.8, 4) is 0 Å². The molecular formula is C6H13NO2S. The van der Waals surface area contributed by atoms with Gasteiger partial charge in [0.15, 0.2) is 0 Å². The van der Waals surface area contributed by atoms with Gasteiger partial charge in [0.1, 0.15) is 10.7 Å². The molecule has 0 spiro atoms. The van der Waals surface area contributed by atoms with Crippen LogP contribution in [0.2, 0.25) is 0 Å². The van der Waals surface area contributed by atoms with Gasteiger partial charge in [-0.05, 0) is 13.8 Å². The van der Waals surface area contributed by atoms with Crippen LogP contribution in [0, 0.1) is 5.92 Å². The van der Waals surface area contributed by atoms with Crippen molar-refractivity contribution in [3.63, 3.8) is 0 Å². The van der Waals surface area contributed by atoms with Crippen molar-refractivity contribution in [3.05, 3.63) is 0 Å². The van der Waals surface area contributed by atoms with Crippen molar-refractivity contribution < 1.29 is 8.42 Å². The Kier molecular flexibility index (Phi) is 2.01. The van der Waals surface area contributed by atoms with Crippen molar-refractivity contribution in [2.45, 2.75) is 18.6 Å². The normalized spacial score (nSPS) is 21.1. The zero-order valence-corrected chi connectivity index (χ0v) is 7.15. The molecule has 0 aromatic carbocycles. The van der Waals surface area contributed by atoms with E-state index in [4.69, 9.17) is 0 Å². The van der Waals surface area contributed by atoms with Gasteiger partial charge in [-0.1, -0.05) is 0 Å². The van der Waals surface area contributed by atoms with Crippen LogP contribution in [-0.4, -0.2) is 26.3 Å². The summed E-state index contributed by atoms with van der Waals surface area (Å²) in [7, 11) is -2.28. The molecule has 1 saturated heterocycles. The molecule has 0 aromatic heterocycles. The molecule has 1 aliphatic rings. The Morgan fingerprint density at radius 2 is 1.90 bits per heavy atom. The molecule has 3 nitrogen and oxygen atoms in total. The van der Waals surface area contributed by atoms with E-state index in [1.54, 1.807) is 13.8 Å². The molecule has 1 fully saturated rings. The maximum atomic E-state index is 10.7. The summed E-state index contributed by atoms with van der Waals surface area (Å²) in [5.41, 5.74) is 0. The van der Waals surface area contributed by atoms with Crippen molar-refractivity contribution in [1.29, 1.82) is 0 Å². The molecule has 10 heavy (non-hydrogen) atoms. The summed E-state index contributed by atoms with van der Waals surface area (Å²) in [4.78, 5) is 0. The third-order valence-corrected chi connectivity index (χ3v) is 3.56. The van der Waals surface area contributed by atoms with Crippen LogP contribution in [0.3, 0.4) is 0 Å². The summed E-state index contributed by atoms with van der Waals surface area (Å²) in [6, 6.07) is 0. The van der Waals surface area contributed by atoms with Crippen molar-refractivity contribution in [2.75, 3.05) is 13.1 Å². The number of hydrogen-bond donors (Lipinski definition) is 2. The highest BCUT2D eigenvalue weighted by Crippen LogP contribution is 2.23. The van der Waals surface area contributed by atoms with Crippen LogP contribution in [0.1, 0.15) is 13.8 Å². The fourth-order valence-corrected chi connectivity index (χ4v) is 1.42. The summed E-state index contributed by atoms with van der Waals surface area (Å²) < 4.78 is 20.8. The highest BCUT2D eigenvalue weighted by Gasteiger charge is 2.36. The zero-order chi connectivity index (χ0) is 7.78. The van der Waals surface area contributed by atoms with E-state index in [2.05, 4.69) is 5.32 Å². The van der Waals surface area contributed by atoms with Crippen molar-refractivity contribution in [1.82, 2.24) is 5.32 Å². The van der Waals surface area contributed by atoms with Crippen LogP contribution in [0.25, 0.3) is 0 Å². The van der Waals surface area contributed by atoms with Gasteiger partial charge in [0, 0.05) is 19.0 Å². The molecule has 0 unspecified atom stereocenters. The maximum absolute atomic E-state index is 10.7. The smallest absolute Gasteiger partial charge is 0.145 e. The average Bonchev–Trinajstić information content (AvgIpc) is 1.57. The monoisotopic (exact) mass is 163 g/mol. The number of thiol groups is 1. The molecule has 0 atom stereocenters. The average molecular weight is 163 g/mol. The minimum absolute atomic E-state index is 0.314. The lowest BCUT2D eigenvalue weighted by molar-refractivity contribution is 0.282. The molecule has 1 N–H and O–H groups in total. The fraction of sp³-hybridized carbons (Fsp3) is 1.00. The predicted molar refractivity (Wildman–Crippen MR) is 40.8 cm³/mol. The Hall–Kier alpha value is -0.0900. The first kappa shape index (κ1) is 8.01. The molecule has 60 valence electrons. The summed E-state index contributed by atoms with van der Waals surface area (Å²) >= 11 is 0. The Balaban J connectivity index is 2.66. The van der Waals surface area contributed by atoms with Crippen molar-refractivity contribution in [2.24, 2.45) is 5.92 Å². The van der Waals surface area contributed by atoms with Crippen LogP contribution in [0.4, 0.5) is 0 Å². The molecule has 0 radical (unpaired) electrons. The standard InChI is InChI=1S/C6H13NO2S/c1-6(2,10(8)9)5-3-7-4-5/h5,7,10H,3-4H2,1-2H3. The first-order valence-electron chi connectivity index (χ1n) is 3.40. The molecule has 1 aliphatic heterocycles. The lowest BCUT2D eigenvalue weighted by Gasteiger charge is -2.36. The highest BCUT2D eigenvalue weighted by molar-refractivity contribution is 7.74. The zero-order valence-electron chi connectivity index (χ0n) is 6.26. The first-order chi connectivity index (χ1) is 4.55. The third kappa shape index (κ3) is 1.18. The Bertz CT molecular complexity index is 186. The minimum Gasteiger partial charge on any atom is -0.316 e. The van der Waals surface area contributed by atoms with Gasteiger partial charge >= 0.3 is 0 Å². The Morgan fingerprint density at radius 3 is 2.00 bits per heavy atom. The van der Waals surface area contributed by atoms with Gasteiger partial charge in [0.2, 0.25) is 0 Å². The van der Waals surface area contributed by atoms with Crippen LogP contribution >= 0.6 is 0 Å². The van der Waals surface area contributed by atoms with Gasteiger partial charge in [0.25, 0.3) is 0 Å². The highest BCUT2D eigenvalue weighted by atomic mass is 32.2. The van der Waals surface area contributed by atoms with Gasteiger partial charge < -0.3 is 5.32 Å². The second-order valence-electron chi connectivity index (χ2n) is 3.27. The number of nitrogens with one attached hydrogen (secondary N) is 1. The summed E-state index contributed by atoms with van der Waals surface area (Å²) in [5, 5.41) is 3.05. The van der Waals surface area contributed by atoms with E-state index in [0.717, 1.165) is 13.1 Å². The first-order valence-corrected chi connectivity index (χ1v) is 4.58. The number of hydrogen-bond acceptors (Lipinski definition) is 3. The quantitative estimate of drug-likeness (QED) is 0.544. The predicted octanol–water partition coefficient (Wildman–Crippen LogP) is -0.404. The van der Waals surface area contributed by atoms with Crippen LogP contribution in [0.15, 0.2) is 0 Å². The van der Waals surface area contributed by atoms with Gasteiger partial charge in [-0.25, -0.2) is 8.42 Å². The largest absolute Gasteiger partial charge is 0.316 e. The van der Waals surface area contributed by atoms with Gasteiger partial charge in [-0.15, -0.1) is 0 Å². The second-order valence-corrected chi connectivity index (χ2v) is 4.93. The summed E-state index contributed by atoms with van der Waals surface area (Å²) in [6.07, 6.45) is 0. The Morgan fingerprint density at radius 1 is 1.40 bits per heavy atom. The van der Waals surface area contributed by atoms with E-state index in [1.165, 1.54) is 0 Å². The van der Waals surface area contributed by atoms with Crippen molar-refractivity contribution >= 4 is 10.7 Å². The fourth-order valence-electron chi connectivity index (χ4n) is 0.937. The molecule has 0 amide bonds. The topological polar surface area (TPSA) is 46.2 Å². The molecular weight excluding hydrogens is 150 g/mol. The SMILES string of the molecule is CC(C)(C1CNC1)[SH](=O)=O. The van der Waals surface area contributed by atoms with Gasteiger partial charge in [-0.2, -0.15) is 0 Å². The lowest BCUT2D eigenvalue weighted by Crippen LogP contribution is -2.53. The molecule has 1 rings (SSSR count). The summed E-state index contributed by atoms with van der Waals surface area (Å²) in [5.74, 6) is 0.314. The van der Waals surface area contributed by atoms with Gasteiger partial charge in [-0.3, -0.25) is 0 Å². The molecule has 0 aliphatic carbocycles. The van der Waals surface area contributed by atoms with E-state index >= 15 is 0 Å².